The summed E-state index contributed by atoms with van der Waals surface area (Å²) in [5.74, 6) is 1.25. The number of nitrogens with zero attached hydrogens (tertiary/aromatic N) is 5. The summed E-state index contributed by atoms with van der Waals surface area (Å²) in [4.78, 5) is 27.3. The van der Waals surface area contributed by atoms with E-state index in [4.69, 9.17) is 4.74 Å². The maximum absolute atomic E-state index is 13.7. The number of rotatable bonds is 8. The zero-order valence-electron chi connectivity index (χ0n) is 26.4. The lowest BCUT2D eigenvalue weighted by molar-refractivity contribution is -0.0442. The molecule has 3 fully saturated rings. The Morgan fingerprint density at radius 1 is 1.02 bits per heavy atom. The van der Waals surface area contributed by atoms with Crippen LogP contribution in [0.5, 0.6) is 0 Å². The van der Waals surface area contributed by atoms with Crippen molar-refractivity contribution in [2.24, 2.45) is 0 Å². The highest BCUT2D eigenvalue weighted by molar-refractivity contribution is 7.88. The van der Waals surface area contributed by atoms with Crippen molar-refractivity contribution >= 4 is 21.7 Å². The number of aryl methyl sites for hydroxylation is 2. The summed E-state index contributed by atoms with van der Waals surface area (Å²) >= 11 is 0. The first-order chi connectivity index (χ1) is 20.5. The summed E-state index contributed by atoms with van der Waals surface area (Å²) in [5.41, 5.74) is 3.73. The maximum Gasteiger partial charge on any atom is 0.272 e. The molecule has 1 unspecified atom stereocenters. The fourth-order valence-electron chi connectivity index (χ4n) is 6.85. The van der Waals surface area contributed by atoms with Gasteiger partial charge in [0, 0.05) is 44.3 Å². The molecule has 2 atom stereocenters. The molecule has 0 saturated carbocycles. The lowest BCUT2D eigenvalue weighted by Gasteiger charge is -2.43. The van der Waals surface area contributed by atoms with Crippen LogP contribution in [0.4, 0.5) is 5.82 Å². The Bertz CT molecular complexity index is 1390. The van der Waals surface area contributed by atoms with Gasteiger partial charge in [-0.1, -0.05) is 29.8 Å². The first-order valence-electron chi connectivity index (χ1n) is 15.8. The molecule has 0 spiro atoms. The summed E-state index contributed by atoms with van der Waals surface area (Å²) in [6.45, 7) is 9.66. The minimum Gasteiger partial charge on any atom is -0.368 e. The first kappa shape index (κ1) is 31.8. The van der Waals surface area contributed by atoms with Crippen LogP contribution in [0.1, 0.15) is 84.1 Å². The van der Waals surface area contributed by atoms with Crippen molar-refractivity contribution in [1.82, 2.24) is 24.1 Å². The lowest BCUT2D eigenvalue weighted by atomic mass is 9.97. The predicted molar refractivity (Wildman–Crippen MR) is 169 cm³/mol. The van der Waals surface area contributed by atoms with Crippen molar-refractivity contribution in [3.8, 4) is 0 Å². The van der Waals surface area contributed by atoms with Gasteiger partial charge in [-0.25, -0.2) is 22.7 Å². The van der Waals surface area contributed by atoms with Crippen LogP contribution in [0.15, 0.2) is 24.3 Å². The van der Waals surface area contributed by atoms with E-state index in [0.717, 1.165) is 63.6 Å². The number of likely N-dealkylation sites (tertiary alicyclic amines) is 2. The zero-order valence-corrected chi connectivity index (χ0v) is 27.2. The Balaban J connectivity index is 1.15. The van der Waals surface area contributed by atoms with Gasteiger partial charge in [0.05, 0.1) is 18.5 Å². The third-order valence-corrected chi connectivity index (χ3v) is 10.9. The van der Waals surface area contributed by atoms with Crippen molar-refractivity contribution in [2.75, 3.05) is 51.3 Å². The van der Waals surface area contributed by atoms with E-state index < -0.39 is 10.0 Å². The van der Waals surface area contributed by atoms with Crippen LogP contribution >= 0.6 is 0 Å². The van der Waals surface area contributed by atoms with Crippen LogP contribution in [-0.4, -0.2) is 103 Å². The minimum atomic E-state index is -3.17. The van der Waals surface area contributed by atoms with Crippen molar-refractivity contribution in [3.05, 3.63) is 52.5 Å². The SMILES string of the molecule is Cc1cccc(C2CCC[C@@H](CNc3nc(C)nc(C(=O)N4CCC(N5CCC(N(C)S(C)(=O)=O)CC5)CC4)c3C)O2)c1. The number of piperidine rings is 2. The number of aromatic nitrogens is 2. The van der Waals surface area contributed by atoms with E-state index >= 15 is 0 Å². The molecule has 11 heteroatoms. The van der Waals surface area contributed by atoms with E-state index in [0.29, 0.717) is 43.0 Å². The van der Waals surface area contributed by atoms with Crippen LogP contribution in [0.25, 0.3) is 0 Å². The molecule has 2 aromatic rings. The molecule has 4 heterocycles. The number of hydrogen-bond donors (Lipinski definition) is 1. The quantitative estimate of drug-likeness (QED) is 0.475. The predicted octanol–water partition coefficient (Wildman–Crippen LogP) is 4.08. The van der Waals surface area contributed by atoms with Crippen molar-refractivity contribution in [2.45, 2.75) is 90.0 Å². The van der Waals surface area contributed by atoms with E-state index in [9.17, 15) is 13.2 Å². The fourth-order valence-corrected chi connectivity index (χ4v) is 7.61. The highest BCUT2D eigenvalue weighted by Crippen LogP contribution is 2.32. The summed E-state index contributed by atoms with van der Waals surface area (Å²) in [6, 6.07) is 9.04. The molecule has 3 aliphatic rings. The van der Waals surface area contributed by atoms with E-state index in [-0.39, 0.29) is 24.2 Å². The summed E-state index contributed by atoms with van der Waals surface area (Å²) < 4.78 is 31.9. The van der Waals surface area contributed by atoms with Crippen LogP contribution in [0.2, 0.25) is 0 Å². The summed E-state index contributed by atoms with van der Waals surface area (Å²) in [6.07, 6.45) is 8.10. The molecule has 0 aliphatic carbocycles. The second-order valence-electron chi connectivity index (χ2n) is 12.6. The molecule has 1 aromatic heterocycles. The first-order valence-corrected chi connectivity index (χ1v) is 17.6. The topological polar surface area (TPSA) is 108 Å². The number of carbonyl (C=O) groups excluding carboxylic acids is 1. The van der Waals surface area contributed by atoms with Gasteiger partial charge in [-0.15, -0.1) is 0 Å². The molecule has 1 N–H and O–H groups in total. The second kappa shape index (κ2) is 13.6. The summed E-state index contributed by atoms with van der Waals surface area (Å²) in [7, 11) is -1.49. The van der Waals surface area contributed by atoms with Crippen molar-refractivity contribution in [1.29, 1.82) is 0 Å². The van der Waals surface area contributed by atoms with Gasteiger partial charge in [-0.05, 0) is 84.4 Å². The maximum atomic E-state index is 13.7. The van der Waals surface area contributed by atoms with Gasteiger partial charge < -0.3 is 19.9 Å². The van der Waals surface area contributed by atoms with E-state index in [1.54, 1.807) is 7.05 Å². The molecule has 10 nitrogen and oxygen atoms in total. The molecule has 5 rings (SSSR count). The number of carbonyl (C=O) groups is 1. The molecule has 43 heavy (non-hydrogen) atoms. The van der Waals surface area contributed by atoms with Crippen LogP contribution in [0, 0.1) is 20.8 Å². The monoisotopic (exact) mass is 612 g/mol. The number of hydrogen-bond acceptors (Lipinski definition) is 8. The largest absolute Gasteiger partial charge is 0.368 e. The lowest BCUT2D eigenvalue weighted by Crippen LogP contribution is -2.52. The Morgan fingerprint density at radius 2 is 1.74 bits per heavy atom. The standard InChI is InChI=1S/C32H48N6O4S/c1-22-8-6-9-25(20-22)29-11-7-10-28(42-29)21-33-31-23(2)30(34-24(3)35-31)32(39)38-18-14-27(15-19-38)37-16-12-26(13-17-37)36(4)43(5,40)41/h6,8-9,20,26-29H,7,10-19,21H2,1-5H3,(H,33,34,35)/t28-,29?/m0/s1. The molecule has 1 amide bonds. The molecule has 0 radical (unpaired) electrons. The second-order valence-corrected chi connectivity index (χ2v) is 14.7. The van der Waals surface area contributed by atoms with Gasteiger partial charge >= 0.3 is 0 Å². The Morgan fingerprint density at radius 3 is 2.42 bits per heavy atom. The van der Waals surface area contributed by atoms with Crippen LogP contribution < -0.4 is 5.32 Å². The van der Waals surface area contributed by atoms with Crippen molar-refractivity contribution < 1.29 is 17.9 Å². The molecule has 3 aliphatic heterocycles. The molecule has 3 saturated heterocycles. The van der Waals surface area contributed by atoms with Gasteiger partial charge in [0.15, 0.2) is 0 Å². The highest BCUT2D eigenvalue weighted by atomic mass is 32.2. The molecular weight excluding hydrogens is 564 g/mol. The Kier molecular flexibility index (Phi) is 10.0. The van der Waals surface area contributed by atoms with E-state index in [2.05, 4.69) is 51.4 Å². The molecule has 1 aromatic carbocycles. The molecule has 0 bridgehead atoms. The van der Waals surface area contributed by atoms with Gasteiger partial charge in [-0.3, -0.25) is 4.79 Å². The molecule has 236 valence electrons. The fraction of sp³-hybridized carbons (Fsp3) is 0.656. The average molecular weight is 613 g/mol. The van der Waals surface area contributed by atoms with E-state index in [1.165, 1.54) is 21.7 Å². The minimum absolute atomic E-state index is 0.0357. The third-order valence-electron chi connectivity index (χ3n) is 9.52. The Hall–Kier alpha value is -2.60. The van der Waals surface area contributed by atoms with Gasteiger partial charge in [0.2, 0.25) is 10.0 Å². The molecular formula is C32H48N6O4S. The van der Waals surface area contributed by atoms with Gasteiger partial charge in [0.1, 0.15) is 17.3 Å². The zero-order chi connectivity index (χ0) is 30.7. The summed E-state index contributed by atoms with van der Waals surface area (Å²) in [5, 5.41) is 3.48. The Labute approximate surface area is 257 Å². The van der Waals surface area contributed by atoms with Gasteiger partial charge in [-0.2, -0.15) is 0 Å². The number of amides is 1. The highest BCUT2D eigenvalue weighted by Gasteiger charge is 2.33. The number of benzene rings is 1. The van der Waals surface area contributed by atoms with Crippen LogP contribution in [0.3, 0.4) is 0 Å². The number of ether oxygens (including phenoxy) is 1. The van der Waals surface area contributed by atoms with Crippen LogP contribution in [-0.2, 0) is 14.8 Å². The number of nitrogens with one attached hydrogen (secondary N) is 1. The van der Waals surface area contributed by atoms with E-state index in [1.807, 2.05) is 18.7 Å². The number of sulfonamides is 1. The normalized spacial score (nSPS) is 23.1. The smallest absolute Gasteiger partial charge is 0.272 e. The average Bonchev–Trinajstić information content (AvgIpc) is 3.00. The third kappa shape index (κ3) is 7.74. The van der Waals surface area contributed by atoms with Gasteiger partial charge in [0.25, 0.3) is 5.91 Å². The number of anilines is 1. The van der Waals surface area contributed by atoms with Crippen molar-refractivity contribution in [3.63, 3.8) is 0 Å².